The van der Waals surface area contributed by atoms with E-state index in [0.717, 1.165) is 31.9 Å². The van der Waals surface area contributed by atoms with E-state index in [1.165, 1.54) is 11.1 Å². The van der Waals surface area contributed by atoms with Gasteiger partial charge in [0.15, 0.2) is 0 Å². The molecule has 1 unspecified atom stereocenters. The number of hydrogen-bond acceptors (Lipinski definition) is 3. The topological polar surface area (TPSA) is 30.5 Å². The molecular weight excluding hydrogens is 226 g/mol. The van der Waals surface area contributed by atoms with Crippen molar-refractivity contribution >= 4 is 0 Å². The van der Waals surface area contributed by atoms with Gasteiger partial charge >= 0.3 is 0 Å². The minimum atomic E-state index is 0.174. The van der Waals surface area contributed by atoms with Gasteiger partial charge in [-0.2, -0.15) is 0 Å². The largest absolute Gasteiger partial charge is 0.489 e. The standard InChI is InChI=1S/C15H25NO2/c1-12-7-5-8-15(14(12)3)18-13(2)11-16-9-6-10-17-4/h5,7-8,13,16H,6,9-11H2,1-4H3. The van der Waals surface area contributed by atoms with Crippen LogP contribution in [0.2, 0.25) is 0 Å². The zero-order valence-electron chi connectivity index (χ0n) is 12.0. The van der Waals surface area contributed by atoms with Crippen molar-refractivity contribution in [3.8, 4) is 5.75 Å². The fourth-order valence-corrected chi connectivity index (χ4v) is 1.76. The van der Waals surface area contributed by atoms with Gasteiger partial charge in [-0.25, -0.2) is 0 Å². The average Bonchev–Trinajstić information content (AvgIpc) is 2.35. The molecule has 0 aliphatic heterocycles. The lowest BCUT2D eigenvalue weighted by Crippen LogP contribution is -2.30. The second-order valence-corrected chi connectivity index (χ2v) is 4.68. The van der Waals surface area contributed by atoms with Crippen LogP contribution in [-0.4, -0.2) is 32.9 Å². The number of hydrogen-bond donors (Lipinski definition) is 1. The highest BCUT2D eigenvalue weighted by Crippen LogP contribution is 2.21. The lowest BCUT2D eigenvalue weighted by atomic mass is 10.1. The fraction of sp³-hybridized carbons (Fsp3) is 0.600. The smallest absolute Gasteiger partial charge is 0.122 e. The highest BCUT2D eigenvalue weighted by atomic mass is 16.5. The first-order valence-electron chi connectivity index (χ1n) is 6.57. The summed E-state index contributed by atoms with van der Waals surface area (Å²) >= 11 is 0. The molecule has 0 heterocycles. The lowest BCUT2D eigenvalue weighted by Gasteiger charge is -2.17. The first-order valence-corrected chi connectivity index (χ1v) is 6.57. The molecule has 0 spiro atoms. The van der Waals surface area contributed by atoms with E-state index < -0.39 is 0 Å². The number of nitrogens with one attached hydrogen (secondary N) is 1. The minimum Gasteiger partial charge on any atom is -0.489 e. The van der Waals surface area contributed by atoms with Gasteiger partial charge in [0, 0.05) is 20.3 Å². The Morgan fingerprint density at radius 3 is 2.78 bits per heavy atom. The van der Waals surface area contributed by atoms with Crippen LogP contribution in [-0.2, 0) is 4.74 Å². The normalized spacial score (nSPS) is 12.4. The maximum absolute atomic E-state index is 5.94. The van der Waals surface area contributed by atoms with Crippen molar-refractivity contribution < 1.29 is 9.47 Å². The molecule has 0 amide bonds. The molecule has 3 heteroatoms. The Bertz CT molecular complexity index is 352. The van der Waals surface area contributed by atoms with Crippen LogP contribution in [0.5, 0.6) is 5.75 Å². The summed E-state index contributed by atoms with van der Waals surface area (Å²) in [4.78, 5) is 0. The summed E-state index contributed by atoms with van der Waals surface area (Å²) in [7, 11) is 1.73. The number of benzene rings is 1. The second-order valence-electron chi connectivity index (χ2n) is 4.68. The molecule has 1 N–H and O–H groups in total. The summed E-state index contributed by atoms with van der Waals surface area (Å²) in [5.74, 6) is 0.987. The van der Waals surface area contributed by atoms with Gasteiger partial charge < -0.3 is 14.8 Å². The zero-order chi connectivity index (χ0) is 13.4. The summed E-state index contributed by atoms with van der Waals surface area (Å²) in [5, 5.41) is 3.37. The summed E-state index contributed by atoms with van der Waals surface area (Å²) in [5.41, 5.74) is 2.50. The molecular formula is C15H25NO2. The summed E-state index contributed by atoms with van der Waals surface area (Å²) in [6.07, 6.45) is 1.21. The van der Waals surface area contributed by atoms with Crippen LogP contribution >= 0.6 is 0 Å². The summed E-state index contributed by atoms with van der Waals surface area (Å²) in [6.45, 7) is 8.93. The third kappa shape index (κ3) is 5.07. The summed E-state index contributed by atoms with van der Waals surface area (Å²) in [6, 6.07) is 6.18. The van der Waals surface area contributed by atoms with Crippen molar-refractivity contribution in [1.82, 2.24) is 5.32 Å². The van der Waals surface area contributed by atoms with Crippen LogP contribution in [0.4, 0.5) is 0 Å². The van der Waals surface area contributed by atoms with Gasteiger partial charge in [-0.15, -0.1) is 0 Å². The van der Waals surface area contributed by atoms with Crippen LogP contribution < -0.4 is 10.1 Å². The van der Waals surface area contributed by atoms with Crippen LogP contribution in [0.15, 0.2) is 18.2 Å². The van der Waals surface area contributed by atoms with Crippen molar-refractivity contribution in [3.63, 3.8) is 0 Å². The molecule has 0 fully saturated rings. The number of aryl methyl sites for hydroxylation is 1. The van der Waals surface area contributed by atoms with Gasteiger partial charge in [0.25, 0.3) is 0 Å². The van der Waals surface area contributed by atoms with Gasteiger partial charge in [-0.1, -0.05) is 12.1 Å². The Labute approximate surface area is 110 Å². The van der Waals surface area contributed by atoms with E-state index in [9.17, 15) is 0 Å². The van der Waals surface area contributed by atoms with Crippen molar-refractivity contribution in [2.45, 2.75) is 33.3 Å². The first-order chi connectivity index (χ1) is 8.65. The third-order valence-electron chi connectivity index (χ3n) is 3.02. The third-order valence-corrected chi connectivity index (χ3v) is 3.02. The number of ether oxygens (including phenoxy) is 2. The molecule has 1 aromatic carbocycles. The highest BCUT2D eigenvalue weighted by molar-refractivity contribution is 5.38. The van der Waals surface area contributed by atoms with E-state index in [-0.39, 0.29) is 6.10 Å². The van der Waals surface area contributed by atoms with E-state index >= 15 is 0 Å². The Hall–Kier alpha value is -1.06. The molecule has 1 atom stereocenters. The fourth-order valence-electron chi connectivity index (χ4n) is 1.76. The predicted octanol–water partition coefficient (Wildman–Crippen LogP) is 2.70. The van der Waals surface area contributed by atoms with Crippen molar-refractivity contribution in [2.75, 3.05) is 26.8 Å². The molecule has 0 radical (unpaired) electrons. The molecule has 0 saturated heterocycles. The van der Waals surface area contributed by atoms with E-state index in [2.05, 4.69) is 32.2 Å². The number of rotatable bonds is 8. The molecule has 0 saturated carbocycles. The lowest BCUT2D eigenvalue weighted by molar-refractivity contribution is 0.188. The Balaban J connectivity index is 2.31. The van der Waals surface area contributed by atoms with Crippen LogP contribution in [0, 0.1) is 13.8 Å². The van der Waals surface area contributed by atoms with Gasteiger partial charge in [0.05, 0.1) is 0 Å². The maximum atomic E-state index is 5.94. The Kier molecular flexibility index (Phi) is 6.76. The first kappa shape index (κ1) is 15.0. The van der Waals surface area contributed by atoms with Crippen molar-refractivity contribution in [2.24, 2.45) is 0 Å². The van der Waals surface area contributed by atoms with E-state index in [4.69, 9.17) is 9.47 Å². The van der Waals surface area contributed by atoms with Gasteiger partial charge in [0.2, 0.25) is 0 Å². The van der Waals surface area contributed by atoms with Crippen molar-refractivity contribution in [1.29, 1.82) is 0 Å². The molecule has 0 aliphatic rings. The van der Waals surface area contributed by atoms with Crippen LogP contribution in [0.25, 0.3) is 0 Å². The highest BCUT2D eigenvalue weighted by Gasteiger charge is 2.06. The zero-order valence-corrected chi connectivity index (χ0v) is 12.0. The summed E-state index contributed by atoms with van der Waals surface area (Å²) < 4.78 is 10.9. The number of methoxy groups -OCH3 is 1. The molecule has 3 nitrogen and oxygen atoms in total. The molecule has 0 aromatic heterocycles. The molecule has 1 rings (SSSR count). The maximum Gasteiger partial charge on any atom is 0.122 e. The quantitative estimate of drug-likeness (QED) is 0.721. The molecule has 0 aliphatic carbocycles. The average molecular weight is 251 g/mol. The molecule has 18 heavy (non-hydrogen) atoms. The SMILES string of the molecule is COCCCNCC(C)Oc1cccc(C)c1C. The van der Waals surface area contributed by atoms with Gasteiger partial charge in [-0.3, -0.25) is 0 Å². The van der Waals surface area contributed by atoms with Gasteiger partial charge in [-0.05, 0) is 50.9 Å². The van der Waals surface area contributed by atoms with E-state index in [0.29, 0.717) is 0 Å². The predicted molar refractivity (Wildman–Crippen MR) is 75.4 cm³/mol. The van der Waals surface area contributed by atoms with E-state index in [1.54, 1.807) is 7.11 Å². The van der Waals surface area contributed by atoms with E-state index in [1.807, 2.05) is 12.1 Å². The Morgan fingerprint density at radius 1 is 1.28 bits per heavy atom. The van der Waals surface area contributed by atoms with Crippen LogP contribution in [0.1, 0.15) is 24.5 Å². The second kappa shape index (κ2) is 8.11. The monoisotopic (exact) mass is 251 g/mol. The van der Waals surface area contributed by atoms with Crippen molar-refractivity contribution in [3.05, 3.63) is 29.3 Å². The molecule has 1 aromatic rings. The van der Waals surface area contributed by atoms with Gasteiger partial charge in [0.1, 0.15) is 11.9 Å². The Morgan fingerprint density at radius 2 is 2.06 bits per heavy atom. The molecule has 102 valence electrons. The minimum absolute atomic E-state index is 0.174. The van der Waals surface area contributed by atoms with Crippen LogP contribution in [0.3, 0.4) is 0 Å². The molecule has 0 bridgehead atoms.